The van der Waals surface area contributed by atoms with Crippen LogP contribution in [0.2, 0.25) is 0 Å². The molecule has 1 N–H and O–H groups in total. The number of nitrogens with zero attached hydrogens (tertiary/aromatic N) is 1. The fourth-order valence-electron chi connectivity index (χ4n) is 2.04. The quantitative estimate of drug-likeness (QED) is 0.622. The lowest BCUT2D eigenvalue weighted by atomic mass is 10.2. The van der Waals surface area contributed by atoms with Crippen LogP contribution >= 0.6 is 0 Å². The molecule has 0 unspecified atom stereocenters. The highest BCUT2D eigenvalue weighted by atomic mass is 32.2. The minimum atomic E-state index is -3.95. The van der Waals surface area contributed by atoms with Crippen molar-refractivity contribution in [3.8, 4) is 0 Å². The molecule has 0 bridgehead atoms. The summed E-state index contributed by atoms with van der Waals surface area (Å²) in [6.07, 6.45) is 2.65. The summed E-state index contributed by atoms with van der Waals surface area (Å²) < 4.78 is 32.2. The number of benzene rings is 1. The maximum atomic E-state index is 12.3. The van der Waals surface area contributed by atoms with Gasteiger partial charge >= 0.3 is 0 Å². The van der Waals surface area contributed by atoms with Crippen molar-refractivity contribution in [3.63, 3.8) is 0 Å². The fraction of sp³-hybridized carbons (Fsp3) is 0.286. The summed E-state index contributed by atoms with van der Waals surface area (Å²) in [4.78, 5) is 9.90. The molecule has 0 aliphatic rings. The molecule has 1 heterocycles. The molecule has 0 fully saturated rings. The van der Waals surface area contributed by atoms with Crippen LogP contribution in [0.1, 0.15) is 19.1 Å². The van der Waals surface area contributed by atoms with E-state index in [4.69, 9.17) is 4.42 Å². The van der Waals surface area contributed by atoms with E-state index in [9.17, 15) is 18.5 Å². The predicted molar refractivity (Wildman–Crippen MR) is 79.9 cm³/mol. The Morgan fingerprint density at radius 3 is 2.64 bits per heavy atom. The first-order valence-corrected chi connectivity index (χ1v) is 8.16. The third-order valence-corrected chi connectivity index (χ3v) is 4.75. The lowest BCUT2D eigenvalue weighted by molar-refractivity contribution is -0.387. The number of nitro groups is 1. The van der Waals surface area contributed by atoms with Gasteiger partial charge in [0, 0.05) is 18.5 Å². The molecule has 8 heteroatoms. The lowest BCUT2D eigenvalue weighted by Gasteiger charge is -2.13. The summed E-state index contributed by atoms with van der Waals surface area (Å²) in [6.45, 7) is 1.70. The van der Waals surface area contributed by atoms with Crippen LogP contribution in [-0.4, -0.2) is 19.4 Å². The van der Waals surface area contributed by atoms with Gasteiger partial charge in [-0.3, -0.25) is 10.1 Å². The van der Waals surface area contributed by atoms with Crippen LogP contribution in [0.4, 0.5) is 5.69 Å². The highest BCUT2D eigenvalue weighted by Crippen LogP contribution is 2.23. The van der Waals surface area contributed by atoms with Crippen LogP contribution in [0.25, 0.3) is 0 Å². The summed E-state index contributed by atoms with van der Waals surface area (Å²) in [5, 5.41) is 10.9. The van der Waals surface area contributed by atoms with Gasteiger partial charge < -0.3 is 4.42 Å². The molecule has 7 nitrogen and oxygen atoms in total. The molecule has 0 radical (unpaired) electrons. The molecule has 0 aliphatic carbocycles. The van der Waals surface area contributed by atoms with Crippen LogP contribution in [-0.2, 0) is 16.4 Å². The normalized spacial score (nSPS) is 13.0. The Morgan fingerprint density at radius 2 is 2.00 bits per heavy atom. The van der Waals surface area contributed by atoms with Crippen molar-refractivity contribution in [2.75, 3.05) is 0 Å². The molecule has 1 aromatic heterocycles. The molecule has 0 saturated carbocycles. The molecule has 22 heavy (non-hydrogen) atoms. The third kappa shape index (κ3) is 3.92. The molecule has 0 amide bonds. The zero-order valence-electron chi connectivity index (χ0n) is 11.9. The van der Waals surface area contributed by atoms with E-state index in [-0.39, 0.29) is 10.9 Å². The number of sulfonamides is 1. The van der Waals surface area contributed by atoms with Gasteiger partial charge in [0.2, 0.25) is 10.0 Å². The second-order valence-corrected chi connectivity index (χ2v) is 6.55. The molecule has 1 atom stereocenters. The topological polar surface area (TPSA) is 102 Å². The predicted octanol–water partition coefficient (Wildman–Crippen LogP) is 2.49. The molecular formula is C14H16N2O5S. The van der Waals surface area contributed by atoms with Gasteiger partial charge in [0.15, 0.2) is 4.90 Å². The summed E-state index contributed by atoms with van der Waals surface area (Å²) in [6, 6.07) is 8.46. The van der Waals surface area contributed by atoms with Crippen LogP contribution in [0.15, 0.2) is 52.0 Å². The van der Waals surface area contributed by atoms with Gasteiger partial charge in [0.25, 0.3) is 5.69 Å². The van der Waals surface area contributed by atoms with E-state index in [0.717, 1.165) is 5.76 Å². The maximum Gasteiger partial charge on any atom is 0.289 e. The van der Waals surface area contributed by atoms with Gasteiger partial charge in [-0.05, 0) is 31.5 Å². The molecule has 0 spiro atoms. The molecular weight excluding hydrogens is 308 g/mol. The molecule has 0 aliphatic heterocycles. The van der Waals surface area contributed by atoms with E-state index in [0.29, 0.717) is 12.8 Å². The Morgan fingerprint density at radius 1 is 1.27 bits per heavy atom. The van der Waals surface area contributed by atoms with Crippen LogP contribution in [0.5, 0.6) is 0 Å². The number of furan rings is 1. The average molecular weight is 324 g/mol. The Bertz CT molecular complexity index is 740. The van der Waals surface area contributed by atoms with E-state index in [1.54, 1.807) is 19.3 Å². The van der Waals surface area contributed by atoms with Crippen molar-refractivity contribution >= 4 is 15.7 Å². The fourth-order valence-corrected chi connectivity index (χ4v) is 3.49. The van der Waals surface area contributed by atoms with Crippen molar-refractivity contribution in [1.29, 1.82) is 0 Å². The second-order valence-electron chi connectivity index (χ2n) is 4.87. The number of hydrogen-bond donors (Lipinski definition) is 1. The van der Waals surface area contributed by atoms with Gasteiger partial charge in [0.1, 0.15) is 5.76 Å². The second kappa shape index (κ2) is 6.71. The zero-order valence-corrected chi connectivity index (χ0v) is 12.7. The first-order chi connectivity index (χ1) is 10.4. The van der Waals surface area contributed by atoms with E-state index in [1.807, 2.05) is 6.07 Å². The number of hydrogen-bond acceptors (Lipinski definition) is 5. The summed E-state index contributed by atoms with van der Waals surface area (Å²) in [5.74, 6) is 0.761. The molecule has 1 aromatic carbocycles. The number of nitrogens with one attached hydrogen (secondary N) is 1. The number of nitro benzene ring substituents is 1. The first kappa shape index (κ1) is 16.2. The largest absolute Gasteiger partial charge is 0.469 e. The van der Waals surface area contributed by atoms with Crippen LogP contribution in [0.3, 0.4) is 0 Å². The zero-order chi connectivity index (χ0) is 16.2. The minimum Gasteiger partial charge on any atom is -0.469 e. The smallest absolute Gasteiger partial charge is 0.289 e. The molecule has 2 rings (SSSR count). The van der Waals surface area contributed by atoms with Gasteiger partial charge in [-0.25, -0.2) is 13.1 Å². The highest BCUT2D eigenvalue weighted by molar-refractivity contribution is 7.89. The number of para-hydroxylation sites is 1. The summed E-state index contributed by atoms with van der Waals surface area (Å²) in [5.41, 5.74) is -0.437. The van der Waals surface area contributed by atoms with Crippen LogP contribution < -0.4 is 4.72 Å². The lowest BCUT2D eigenvalue weighted by Crippen LogP contribution is -2.33. The monoisotopic (exact) mass is 324 g/mol. The Labute approximate surface area is 128 Å². The molecule has 2 aromatic rings. The molecule has 118 valence electrons. The van der Waals surface area contributed by atoms with E-state index in [1.165, 1.54) is 24.3 Å². The summed E-state index contributed by atoms with van der Waals surface area (Å²) in [7, 11) is -3.95. The molecule has 0 saturated heterocycles. The first-order valence-electron chi connectivity index (χ1n) is 6.68. The van der Waals surface area contributed by atoms with Crippen molar-refractivity contribution < 1.29 is 17.8 Å². The summed E-state index contributed by atoms with van der Waals surface area (Å²) >= 11 is 0. The Kier molecular flexibility index (Phi) is 4.94. The van der Waals surface area contributed by atoms with E-state index in [2.05, 4.69) is 4.72 Å². The number of rotatable bonds is 7. The third-order valence-electron chi connectivity index (χ3n) is 3.11. The van der Waals surface area contributed by atoms with Gasteiger partial charge in [0.05, 0.1) is 11.2 Å². The van der Waals surface area contributed by atoms with Gasteiger partial charge in [-0.15, -0.1) is 0 Å². The average Bonchev–Trinajstić information content (AvgIpc) is 2.98. The highest BCUT2D eigenvalue weighted by Gasteiger charge is 2.26. The van der Waals surface area contributed by atoms with Crippen LogP contribution in [0, 0.1) is 10.1 Å². The van der Waals surface area contributed by atoms with E-state index >= 15 is 0 Å². The van der Waals surface area contributed by atoms with E-state index < -0.39 is 20.6 Å². The minimum absolute atomic E-state index is 0.329. The standard InChI is InChI=1S/C14H16N2O5S/c1-11(8-9-12-5-4-10-21-12)15-22(19,20)14-7-3-2-6-13(14)16(17)18/h2-7,10-11,15H,8-9H2,1H3/t11-/m0/s1. The van der Waals surface area contributed by atoms with Crippen molar-refractivity contribution in [3.05, 3.63) is 58.5 Å². The van der Waals surface area contributed by atoms with Crippen molar-refractivity contribution in [2.45, 2.75) is 30.7 Å². The van der Waals surface area contributed by atoms with Gasteiger partial charge in [-0.1, -0.05) is 12.1 Å². The Balaban J connectivity index is 2.09. The SMILES string of the molecule is C[C@@H](CCc1ccco1)NS(=O)(=O)c1ccccc1[N+](=O)[O-]. The maximum absolute atomic E-state index is 12.3. The van der Waals surface area contributed by atoms with Crippen molar-refractivity contribution in [1.82, 2.24) is 4.72 Å². The van der Waals surface area contributed by atoms with Gasteiger partial charge in [-0.2, -0.15) is 0 Å². The van der Waals surface area contributed by atoms with Crippen molar-refractivity contribution in [2.24, 2.45) is 0 Å². The Hall–Kier alpha value is -2.19. The number of aryl methyl sites for hydroxylation is 1.